The fourth-order valence-electron chi connectivity index (χ4n) is 16.8. The number of H-pyrrole nitrogens is 3. The maximum atomic E-state index is 6.29. The Morgan fingerprint density at radius 1 is 0.564 bits per heavy atom. The minimum Gasteiger partial charge on any atom is -0.389 e. The molecule has 576 valence electrons. The fraction of sp³-hybridized carbons (Fsp3) is 0.812. The van der Waals surface area contributed by atoms with Crippen molar-refractivity contribution in [3.05, 3.63) is 94.4 Å². The first-order valence-corrected chi connectivity index (χ1v) is 41.2. The molecule has 9 rings (SSSR count). The zero-order valence-electron chi connectivity index (χ0n) is 68.3. The van der Waals surface area contributed by atoms with E-state index in [-0.39, 0.29) is 5.60 Å². The van der Waals surface area contributed by atoms with Crippen LogP contribution in [0.1, 0.15) is 326 Å². The standard InChI is InChI=1S/2C22H40N4.C21H37N3O.C20H37N3O/c2*1-6-7-14-26(5)16-21-15-24-25-22(21)20-10-8-19(9-11-20)18(4)23-13-12-17(2)3;1-6-7-12-23(4)13-18-14-24(5)22-19(18)17-8-10-21(11-9-17)15-20(2,3)16-25-21;1-6-8-11-23(5)14-17-13-21-22-19(17)16-9-10-20(3,4)18(12-16)15-24-7-2/h2*15,17,19-20,23H,4,6-14,16H2,1-3,5H3,(H,24,25);14,17H,6-13,15-16H2,1-5H3;13,16,18H,6-12,14-15H2,1-5H3,(H,21,22)/t;;;16-,18?/m...0/s1. The largest absolute Gasteiger partial charge is 0.389 e. The Morgan fingerprint density at radius 3 is 1.34 bits per heavy atom. The predicted octanol–water partition coefficient (Wildman–Crippen LogP) is 19.2. The highest BCUT2D eigenvalue weighted by atomic mass is 16.5. The van der Waals surface area contributed by atoms with Gasteiger partial charge < -0.3 is 39.7 Å². The van der Waals surface area contributed by atoms with Gasteiger partial charge in [-0.15, -0.1) is 0 Å². The molecule has 5 aliphatic rings. The third-order valence-corrected chi connectivity index (χ3v) is 23.5. The van der Waals surface area contributed by atoms with E-state index in [1.165, 1.54) is 230 Å². The number of aromatic nitrogens is 8. The molecule has 4 aromatic rings. The molecule has 0 amide bonds. The van der Waals surface area contributed by atoms with Crippen molar-refractivity contribution in [2.45, 2.75) is 312 Å². The van der Waals surface area contributed by atoms with Gasteiger partial charge in [0.1, 0.15) is 0 Å². The first kappa shape index (κ1) is 85.6. The minimum absolute atomic E-state index is 0.160. The fourth-order valence-corrected chi connectivity index (χ4v) is 16.8. The van der Waals surface area contributed by atoms with E-state index in [2.05, 4.69) is 205 Å². The summed E-state index contributed by atoms with van der Waals surface area (Å²) in [7, 11) is 10.9. The number of hydrogen-bond acceptors (Lipinski definition) is 12. The molecule has 0 radical (unpaired) electrons. The van der Waals surface area contributed by atoms with Crippen molar-refractivity contribution >= 4 is 0 Å². The smallest absolute Gasteiger partial charge is 0.0700 e. The normalized spacial score (nSPS) is 22.5. The van der Waals surface area contributed by atoms with Crippen LogP contribution in [0.25, 0.3) is 0 Å². The van der Waals surface area contributed by atoms with E-state index in [1.807, 2.05) is 23.3 Å². The summed E-state index contributed by atoms with van der Waals surface area (Å²) in [5.41, 5.74) is 14.5. The third kappa shape index (κ3) is 28.8. The summed E-state index contributed by atoms with van der Waals surface area (Å²) in [4.78, 5) is 9.70. The van der Waals surface area contributed by atoms with Gasteiger partial charge >= 0.3 is 0 Å². The van der Waals surface area contributed by atoms with Crippen molar-refractivity contribution in [2.24, 2.45) is 47.5 Å². The van der Waals surface area contributed by atoms with E-state index in [0.717, 1.165) is 90.6 Å². The SMILES string of the molecule is C=C(NCCC(C)C)C1CCC(c2[nH]ncc2CN(C)CCCC)CC1.C=C(NCCC(C)C)C1CCC(c2[nH]ncc2CN(C)CCCC)CC1.CCCCN(C)Cc1cn(C)nc1C1CCC2(CC1)CC(C)(C)CO2.CCCCN(C)Cc1cn[nH]c1[C@H]1CCC(C)(C)C(COCC)C1. The Labute approximate surface area is 618 Å². The van der Waals surface area contributed by atoms with Gasteiger partial charge in [-0.25, -0.2) is 0 Å². The average Bonchev–Trinajstić information content (AvgIpc) is 1.69. The molecule has 1 spiro atoms. The molecule has 101 heavy (non-hydrogen) atoms. The van der Waals surface area contributed by atoms with Crippen LogP contribution in [-0.4, -0.2) is 153 Å². The molecule has 4 aromatic heterocycles. The lowest BCUT2D eigenvalue weighted by atomic mass is 9.65. The van der Waals surface area contributed by atoms with Gasteiger partial charge in [0.2, 0.25) is 0 Å². The van der Waals surface area contributed by atoms with Crippen molar-refractivity contribution in [1.82, 2.24) is 70.6 Å². The predicted molar refractivity (Wildman–Crippen MR) is 425 cm³/mol. The van der Waals surface area contributed by atoms with Crippen molar-refractivity contribution in [3.8, 4) is 0 Å². The molecular formula is C85H154N14O2. The van der Waals surface area contributed by atoms with E-state index in [0.29, 0.717) is 52.3 Å². The van der Waals surface area contributed by atoms with Crippen LogP contribution < -0.4 is 10.6 Å². The van der Waals surface area contributed by atoms with Crippen LogP contribution in [0.4, 0.5) is 0 Å². The van der Waals surface area contributed by atoms with Gasteiger partial charge in [0.25, 0.3) is 0 Å². The number of ether oxygens (including phenoxy) is 2. The summed E-state index contributed by atoms with van der Waals surface area (Å²) in [5.74, 6) is 5.87. The van der Waals surface area contributed by atoms with Gasteiger partial charge in [-0.3, -0.25) is 20.0 Å². The molecule has 16 nitrogen and oxygen atoms in total. The molecule has 5 fully saturated rings. The lowest BCUT2D eigenvalue weighted by molar-refractivity contribution is -0.0296. The first-order valence-electron chi connectivity index (χ1n) is 41.2. The Balaban J connectivity index is 0.000000212. The Hall–Kier alpha value is -4.32. The van der Waals surface area contributed by atoms with Gasteiger partial charge in [-0.1, -0.05) is 122 Å². The zero-order chi connectivity index (χ0) is 73.5. The first-order chi connectivity index (χ1) is 48.3. The topological polar surface area (TPSA) is 159 Å². The number of unbranched alkanes of at least 4 members (excludes halogenated alkanes) is 4. The van der Waals surface area contributed by atoms with Crippen molar-refractivity contribution in [2.75, 3.05) is 87.3 Å². The molecule has 1 unspecified atom stereocenters. The number of allylic oxidation sites excluding steroid dienone is 2. The molecule has 4 aliphatic carbocycles. The van der Waals surface area contributed by atoms with Crippen molar-refractivity contribution in [3.63, 3.8) is 0 Å². The highest BCUT2D eigenvalue weighted by molar-refractivity contribution is 5.25. The third-order valence-electron chi connectivity index (χ3n) is 23.5. The lowest BCUT2D eigenvalue weighted by Crippen LogP contribution is -2.34. The lowest BCUT2D eigenvalue weighted by Gasteiger charge is -2.42. The Morgan fingerprint density at radius 2 is 0.960 bits per heavy atom. The molecule has 0 aromatic carbocycles. The Bertz CT molecular complexity index is 2780. The van der Waals surface area contributed by atoms with E-state index in [9.17, 15) is 0 Å². The quantitative estimate of drug-likeness (QED) is 0.0291. The van der Waals surface area contributed by atoms with Crippen molar-refractivity contribution in [1.29, 1.82) is 0 Å². The number of aromatic amines is 3. The van der Waals surface area contributed by atoms with Crippen LogP contribution in [0.15, 0.2) is 49.3 Å². The van der Waals surface area contributed by atoms with E-state index < -0.39 is 0 Å². The van der Waals surface area contributed by atoms with Gasteiger partial charge in [0.05, 0.1) is 36.5 Å². The number of aryl methyl sites for hydroxylation is 1. The number of hydrogen-bond donors (Lipinski definition) is 5. The molecule has 5 N–H and O–H groups in total. The summed E-state index contributed by atoms with van der Waals surface area (Å²) in [6.07, 6.45) is 40.6. The molecule has 1 aliphatic heterocycles. The molecule has 0 bridgehead atoms. The molecule has 16 heteroatoms. The molecule has 5 heterocycles. The van der Waals surface area contributed by atoms with Gasteiger partial charge in [-0.05, 0) is 243 Å². The van der Waals surface area contributed by atoms with E-state index >= 15 is 0 Å². The summed E-state index contributed by atoms with van der Waals surface area (Å²) in [5, 5.41) is 35.0. The second-order valence-corrected chi connectivity index (χ2v) is 34.8. The van der Waals surface area contributed by atoms with Crippen molar-refractivity contribution < 1.29 is 9.47 Å². The van der Waals surface area contributed by atoms with Gasteiger partial charge in [0.15, 0.2) is 0 Å². The number of nitrogens with zero attached hydrogens (tertiary/aromatic N) is 9. The van der Waals surface area contributed by atoms with E-state index in [1.54, 1.807) is 0 Å². The monoisotopic (exact) mass is 1400 g/mol. The maximum Gasteiger partial charge on any atom is 0.0700 e. The molecule has 1 saturated heterocycles. The zero-order valence-corrected chi connectivity index (χ0v) is 68.3. The molecule has 4 saturated carbocycles. The summed E-state index contributed by atoms with van der Waals surface area (Å²) in [6, 6.07) is 0. The summed E-state index contributed by atoms with van der Waals surface area (Å²) in [6.45, 7) is 51.8. The van der Waals surface area contributed by atoms with E-state index in [4.69, 9.17) is 14.6 Å². The van der Waals surface area contributed by atoms with Gasteiger partial charge in [-0.2, -0.15) is 20.4 Å². The Kier molecular flexibility index (Phi) is 37.3. The summed E-state index contributed by atoms with van der Waals surface area (Å²) < 4.78 is 14.1. The molecule has 2 atom stereocenters. The average molecular weight is 1400 g/mol. The van der Waals surface area contributed by atoms with Crippen LogP contribution in [0.3, 0.4) is 0 Å². The van der Waals surface area contributed by atoms with Crippen LogP contribution in [0.2, 0.25) is 0 Å². The highest BCUT2D eigenvalue weighted by Gasteiger charge is 2.47. The second kappa shape index (κ2) is 44.0. The van der Waals surface area contributed by atoms with Crippen LogP contribution in [-0.2, 0) is 42.7 Å². The number of nitrogens with one attached hydrogen (secondary N) is 5. The second-order valence-electron chi connectivity index (χ2n) is 34.8. The van der Waals surface area contributed by atoms with Gasteiger partial charge in [0, 0.05) is 140 Å². The maximum absolute atomic E-state index is 6.29. The van der Waals surface area contributed by atoms with Crippen LogP contribution in [0.5, 0.6) is 0 Å². The number of rotatable bonds is 37. The molecular weight excluding hydrogens is 1250 g/mol. The van der Waals surface area contributed by atoms with Crippen LogP contribution in [0, 0.1) is 40.4 Å². The summed E-state index contributed by atoms with van der Waals surface area (Å²) >= 11 is 0. The minimum atomic E-state index is 0.160. The van der Waals surface area contributed by atoms with Crippen LogP contribution >= 0.6 is 0 Å². The highest BCUT2D eigenvalue weighted by Crippen LogP contribution is 2.51.